The first-order chi connectivity index (χ1) is 11.2. The Morgan fingerprint density at radius 2 is 2.22 bits per heavy atom. The van der Waals surface area contributed by atoms with Gasteiger partial charge in [-0.1, -0.05) is 6.92 Å². The number of piperidine rings is 3. The van der Waals surface area contributed by atoms with E-state index in [1.165, 1.54) is 6.42 Å². The van der Waals surface area contributed by atoms with Crippen LogP contribution in [-0.2, 0) is 0 Å². The Labute approximate surface area is 137 Å². The van der Waals surface area contributed by atoms with Crippen molar-refractivity contribution in [1.29, 1.82) is 0 Å². The molecule has 4 unspecified atom stereocenters. The van der Waals surface area contributed by atoms with Gasteiger partial charge in [-0.3, -0.25) is 9.88 Å². The molecule has 122 valence electrons. The second kappa shape index (κ2) is 5.77. The smallest absolute Gasteiger partial charge is 0.119 e. The van der Waals surface area contributed by atoms with Crippen LogP contribution < -0.4 is 4.74 Å². The highest BCUT2D eigenvalue weighted by Gasteiger charge is 2.41. The fourth-order valence-electron chi connectivity index (χ4n) is 4.40. The molecule has 2 bridgehead atoms. The monoisotopic (exact) mass is 312 g/mol. The van der Waals surface area contributed by atoms with Gasteiger partial charge >= 0.3 is 0 Å². The van der Waals surface area contributed by atoms with Crippen molar-refractivity contribution in [3.63, 3.8) is 0 Å². The average molecular weight is 312 g/mol. The first kappa shape index (κ1) is 14.9. The molecule has 0 amide bonds. The minimum atomic E-state index is -0.470. The first-order valence-electron chi connectivity index (χ1n) is 8.52. The molecule has 5 atom stereocenters. The van der Waals surface area contributed by atoms with Crippen LogP contribution in [-0.4, -0.2) is 41.2 Å². The SMILES string of the molecule is COc1ccc2nccc([C@H](O)C3CC4CCN3CC4C)c2c1. The quantitative estimate of drug-likeness (QED) is 0.946. The Balaban J connectivity index is 1.71. The molecular weight excluding hydrogens is 288 g/mol. The fourth-order valence-corrected chi connectivity index (χ4v) is 4.40. The van der Waals surface area contributed by atoms with Crippen molar-refractivity contribution in [1.82, 2.24) is 9.88 Å². The van der Waals surface area contributed by atoms with Crippen molar-refractivity contribution in [3.8, 4) is 5.75 Å². The van der Waals surface area contributed by atoms with Gasteiger partial charge in [0.25, 0.3) is 0 Å². The van der Waals surface area contributed by atoms with Crippen molar-refractivity contribution in [2.24, 2.45) is 11.8 Å². The molecule has 3 fully saturated rings. The van der Waals surface area contributed by atoms with Crippen LogP contribution in [0.4, 0.5) is 0 Å². The highest BCUT2D eigenvalue weighted by Crippen LogP contribution is 2.41. The lowest BCUT2D eigenvalue weighted by atomic mass is 9.74. The van der Waals surface area contributed by atoms with Crippen LogP contribution in [0.1, 0.15) is 31.4 Å². The molecule has 1 aromatic heterocycles. The number of methoxy groups -OCH3 is 1. The van der Waals surface area contributed by atoms with Crippen molar-refractivity contribution in [3.05, 3.63) is 36.0 Å². The maximum absolute atomic E-state index is 11.1. The lowest BCUT2D eigenvalue weighted by Crippen LogP contribution is -2.54. The molecule has 3 aliphatic rings. The number of aliphatic hydroxyl groups excluding tert-OH is 1. The van der Waals surface area contributed by atoms with Gasteiger partial charge in [-0.05, 0) is 61.1 Å². The summed E-state index contributed by atoms with van der Waals surface area (Å²) in [6, 6.07) is 8.04. The summed E-state index contributed by atoms with van der Waals surface area (Å²) in [6.07, 6.45) is 3.69. The zero-order valence-electron chi connectivity index (χ0n) is 13.8. The molecule has 0 radical (unpaired) electrons. The standard InChI is InChI=1S/C19H24N2O2/c1-12-11-21-8-6-13(12)9-18(21)19(22)15-5-7-20-17-4-3-14(23-2)10-16(15)17/h3-5,7,10,12-13,18-19,22H,6,8-9,11H2,1-2H3/t12?,13?,18?,19-/m0/s1. The van der Waals surface area contributed by atoms with Crippen molar-refractivity contribution < 1.29 is 9.84 Å². The first-order valence-corrected chi connectivity index (χ1v) is 8.52. The van der Waals surface area contributed by atoms with Crippen LogP contribution in [0.5, 0.6) is 5.75 Å². The maximum atomic E-state index is 11.1. The Bertz CT molecular complexity index is 718. The number of ether oxygens (including phenoxy) is 1. The van der Waals surface area contributed by atoms with Crippen LogP contribution in [0.15, 0.2) is 30.5 Å². The summed E-state index contributed by atoms with van der Waals surface area (Å²) >= 11 is 0. The number of hydrogen-bond donors (Lipinski definition) is 1. The predicted molar refractivity (Wildman–Crippen MR) is 90.5 cm³/mol. The van der Waals surface area contributed by atoms with E-state index in [4.69, 9.17) is 4.74 Å². The number of aliphatic hydroxyl groups is 1. The van der Waals surface area contributed by atoms with Crippen LogP contribution >= 0.6 is 0 Å². The third-order valence-corrected chi connectivity index (χ3v) is 5.79. The molecule has 4 nitrogen and oxygen atoms in total. The zero-order valence-corrected chi connectivity index (χ0v) is 13.8. The number of benzene rings is 1. The van der Waals surface area contributed by atoms with Gasteiger partial charge in [0, 0.05) is 24.2 Å². The van der Waals surface area contributed by atoms with Gasteiger partial charge in [0.05, 0.1) is 18.7 Å². The molecule has 3 saturated heterocycles. The lowest BCUT2D eigenvalue weighted by molar-refractivity contribution is -0.0510. The molecule has 1 N–H and O–H groups in total. The molecule has 0 aliphatic carbocycles. The summed E-state index contributed by atoms with van der Waals surface area (Å²) in [7, 11) is 1.67. The molecular formula is C19H24N2O2. The third-order valence-electron chi connectivity index (χ3n) is 5.79. The van der Waals surface area contributed by atoms with E-state index in [0.29, 0.717) is 0 Å². The minimum Gasteiger partial charge on any atom is -0.497 e. The Morgan fingerprint density at radius 1 is 1.35 bits per heavy atom. The van der Waals surface area contributed by atoms with Crippen LogP contribution in [0.25, 0.3) is 10.9 Å². The number of nitrogens with zero attached hydrogens (tertiary/aromatic N) is 2. The highest BCUT2D eigenvalue weighted by atomic mass is 16.5. The summed E-state index contributed by atoms with van der Waals surface area (Å²) in [5.41, 5.74) is 1.88. The predicted octanol–water partition coefficient (Wildman–Crippen LogP) is 3.01. The average Bonchev–Trinajstić information content (AvgIpc) is 2.60. The third kappa shape index (κ3) is 2.50. The Kier molecular flexibility index (Phi) is 3.74. The van der Waals surface area contributed by atoms with E-state index >= 15 is 0 Å². The van der Waals surface area contributed by atoms with Crippen molar-refractivity contribution >= 4 is 10.9 Å². The summed E-state index contributed by atoms with van der Waals surface area (Å²) in [4.78, 5) is 6.90. The molecule has 23 heavy (non-hydrogen) atoms. The van der Waals surface area contributed by atoms with E-state index in [-0.39, 0.29) is 6.04 Å². The number of hydrogen-bond acceptors (Lipinski definition) is 4. The van der Waals surface area contributed by atoms with E-state index in [1.54, 1.807) is 13.3 Å². The topological polar surface area (TPSA) is 45.6 Å². The number of aromatic nitrogens is 1. The molecule has 0 spiro atoms. The lowest BCUT2D eigenvalue weighted by Gasteiger charge is -2.50. The largest absolute Gasteiger partial charge is 0.497 e. The van der Waals surface area contributed by atoms with E-state index in [2.05, 4.69) is 16.8 Å². The molecule has 4 heterocycles. The second-order valence-corrected chi connectivity index (χ2v) is 7.05. The minimum absolute atomic E-state index is 0.224. The summed E-state index contributed by atoms with van der Waals surface area (Å²) in [6.45, 7) is 4.56. The van der Waals surface area contributed by atoms with Crippen molar-refractivity contribution in [2.75, 3.05) is 20.2 Å². The molecule has 5 rings (SSSR count). The Hall–Kier alpha value is -1.65. The Morgan fingerprint density at radius 3 is 2.91 bits per heavy atom. The highest BCUT2D eigenvalue weighted by molar-refractivity contribution is 5.83. The van der Waals surface area contributed by atoms with Gasteiger partial charge in [-0.2, -0.15) is 0 Å². The number of rotatable bonds is 3. The second-order valence-electron chi connectivity index (χ2n) is 7.05. The maximum Gasteiger partial charge on any atom is 0.119 e. The number of pyridine rings is 1. The van der Waals surface area contributed by atoms with Crippen LogP contribution in [0.2, 0.25) is 0 Å². The van der Waals surface area contributed by atoms with Crippen LogP contribution in [0, 0.1) is 11.8 Å². The summed E-state index contributed by atoms with van der Waals surface area (Å²) in [5.74, 6) is 2.31. The van der Waals surface area contributed by atoms with E-state index in [1.807, 2.05) is 24.3 Å². The molecule has 4 heteroatoms. The van der Waals surface area contributed by atoms with Gasteiger partial charge in [0.1, 0.15) is 5.75 Å². The van der Waals surface area contributed by atoms with Crippen molar-refractivity contribution in [2.45, 2.75) is 31.9 Å². The molecule has 3 aliphatic heterocycles. The van der Waals surface area contributed by atoms with Gasteiger partial charge in [-0.25, -0.2) is 0 Å². The normalized spacial score (nSPS) is 31.3. The van der Waals surface area contributed by atoms with Gasteiger partial charge in [-0.15, -0.1) is 0 Å². The van der Waals surface area contributed by atoms with E-state index in [9.17, 15) is 5.11 Å². The number of fused-ring (bicyclic) bond motifs is 4. The van der Waals surface area contributed by atoms with Crippen LogP contribution in [0.3, 0.4) is 0 Å². The molecule has 2 aromatic rings. The molecule has 1 aromatic carbocycles. The zero-order chi connectivity index (χ0) is 16.0. The van der Waals surface area contributed by atoms with Gasteiger partial charge in [0.15, 0.2) is 0 Å². The summed E-state index contributed by atoms with van der Waals surface area (Å²) < 4.78 is 5.35. The van der Waals surface area contributed by atoms with Gasteiger partial charge < -0.3 is 9.84 Å². The summed E-state index contributed by atoms with van der Waals surface area (Å²) in [5, 5.41) is 12.1. The van der Waals surface area contributed by atoms with E-state index < -0.39 is 6.10 Å². The molecule has 0 saturated carbocycles. The fraction of sp³-hybridized carbons (Fsp3) is 0.526. The van der Waals surface area contributed by atoms with E-state index in [0.717, 1.165) is 53.6 Å². The van der Waals surface area contributed by atoms with Gasteiger partial charge in [0.2, 0.25) is 0 Å².